The summed E-state index contributed by atoms with van der Waals surface area (Å²) in [7, 11) is 0. The first-order valence-electron chi connectivity index (χ1n) is 7.84. The Labute approximate surface area is 131 Å². The van der Waals surface area contributed by atoms with Crippen molar-refractivity contribution >= 4 is 11.7 Å². The van der Waals surface area contributed by atoms with Crippen molar-refractivity contribution < 1.29 is 9.53 Å². The Bertz CT molecular complexity index is 639. The largest absolute Gasteiger partial charge is 0.464 e. The number of rotatable bonds is 4. The first-order valence-corrected chi connectivity index (χ1v) is 7.84. The van der Waals surface area contributed by atoms with Crippen LogP contribution in [0.3, 0.4) is 0 Å². The summed E-state index contributed by atoms with van der Waals surface area (Å²) >= 11 is 0. The van der Waals surface area contributed by atoms with E-state index in [2.05, 4.69) is 35.2 Å². The van der Waals surface area contributed by atoms with Crippen LogP contribution in [0.2, 0.25) is 0 Å². The number of anilines is 1. The molecule has 3 rings (SSSR count). The van der Waals surface area contributed by atoms with E-state index < -0.39 is 0 Å². The predicted molar refractivity (Wildman–Crippen MR) is 87.8 cm³/mol. The SMILES string of the molecule is CCOC(=O)C1CCc2ccccc2N1Cc1ccccc1. The summed E-state index contributed by atoms with van der Waals surface area (Å²) in [5.41, 5.74) is 3.66. The maximum atomic E-state index is 12.3. The normalized spacial score (nSPS) is 17.0. The molecular formula is C19H21NO2. The molecule has 22 heavy (non-hydrogen) atoms. The molecule has 0 amide bonds. The van der Waals surface area contributed by atoms with E-state index in [0.29, 0.717) is 6.61 Å². The van der Waals surface area contributed by atoms with Gasteiger partial charge in [0.05, 0.1) is 6.61 Å². The monoisotopic (exact) mass is 295 g/mol. The van der Waals surface area contributed by atoms with Crippen LogP contribution in [0.25, 0.3) is 0 Å². The standard InChI is InChI=1S/C19H21NO2/c1-2-22-19(21)18-13-12-16-10-6-7-11-17(16)20(18)14-15-8-4-3-5-9-15/h3-11,18H,2,12-14H2,1H3. The van der Waals surface area contributed by atoms with E-state index in [4.69, 9.17) is 4.74 Å². The molecule has 1 heterocycles. The van der Waals surface area contributed by atoms with Crippen molar-refractivity contribution in [2.24, 2.45) is 0 Å². The van der Waals surface area contributed by atoms with Crippen LogP contribution < -0.4 is 4.90 Å². The molecule has 1 aliphatic heterocycles. The molecule has 0 saturated carbocycles. The highest BCUT2D eigenvalue weighted by Crippen LogP contribution is 2.32. The van der Waals surface area contributed by atoms with E-state index in [1.807, 2.05) is 31.2 Å². The van der Waals surface area contributed by atoms with Crippen LogP contribution in [0.15, 0.2) is 54.6 Å². The lowest BCUT2D eigenvalue weighted by Gasteiger charge is -2.37. The Morgan fingerprint density at radius 2 is 1.86 bits per heavy atom. The third-order valence-electron chi connectivity index (χ3n) is 4.12. The van der Waals surface area contributed by atoms with E-state index >= 15 is 0 Å². The fourth-order valence-electron chi connectivity index (χ4n) is 3.08. The fourth-order valence-corrected chi connectivity index (χ4v) is 3.08. The van der Waals surface area contributed by atoms with E-state index in [-0.39, 0.29) is 12.0 Å². The van der Waals surface area contributed by atoms with Crippen LogP contribution in [-0.4, -0.2) is 18.6 Å². The third kappa shape index (κ3) is 2.98. The van der Waals surface area contributed by atoms with Gasteiger partial charge in [0, 0.05) is 12.2 Å². The molecular weight excluding hydrogens is 274 g/mol. The van der Waals surface area contributed by atoms with Crippen LogP contribution >= 0.6 is 0 Å². The van der Waals surface area contributed by atoms with Gasteiger partial charge in [-0.05, 0) is 37.0 Å². The quantitative estimate of drug-likeness (QED) is 0.808. The van der Waals surface area contributed by atoms with Crippen molar-refractivity contribution in [2.45, 2.75) is 32.4 Å². The minimum Gasteiger partial charge on any atom is -0.464 e. The van der Waals surface area contributed by atoms with Gasteiger partial charge in [-0.2, -0.15) is 0 Å². The van der Waals surface area contributed by atoms with Gasteiger partial charge >= 0.3 is 5.97 Å². The lowest BCUT2D eigenvalue weighted by molar-refractivity contribution is -0.145. The van der Waals surface area contributed by atoms with Crippen molar-refractivity contribution in [3.63, 3.8) is 0 Å². The zero-order valence-electron chi connectivity index (χ0n) is 12.9. The van der Waals surface area contributed by atoms with Gasteiger partial charge in [-0.25, -0.2) is 4.79 Å². The molecule has 0 aromatic heterocycles. The summed E-state index contributed by atoms with van der Waals surface area (Å²) in [5.74, 6) is -0.118. The average molecular weight is 295 g/mol. The molecule has 2 aromatic rings. The maximum Gasteiger partial charge on any atom is 0.328 e. The van der Waals surface area contributed by atoms with Crippen molar-refractivity contribution in [1.29, 1.82) is 0 Å². The summed E-state index contributed by atoms with van der Waals surface area (Å²) in [4.78, 5) is 14.5. The fraction of sp³-hybridized carbons (Fsp3) is 0.316. The van der Waals surface area contributed by atoms with Gasteiger partial charge in [-0.1, -0.05) is 48.5 Å². The Hall–Kier alpha value is -2.29. The molecule has 1 aliphatic rings. The van der Waals surface area contributed by atoms with Crippen molar-refractivity contribution in [1.82, 2.24) is 0 Å². The summed E-state index contributed by atoms with van der Waals surface area (Å²) in [6.07, 6.45) is 1.73. The number of benzene rings is 2. The molecule has 3 heteroatoms. The van der Waals surface area contributed by atoms with Gasteiger partial charge in [-0.3, -0.25) is 0 Å². The van der Waals surface area contributed by atoms with Gasteiger partial charge in [-0.15, -0.1) is 0 Å². The van der Waals surface area contributed by atoms with E-state index in [0.717, 1.165) is 25.1 Å². The first-order chi connectivity index (χ1) is 10.8. The molecule has 0 N–H and O–H groups in total. The summed E-state index contributed by atoms with van der Waals surface area (Å²) < 4.78 is 5.28. The average Bonchev–Trinajstić information content (AvgIpc) is 2.56. The Morgan fingerprint density at radius 1 is 1.14 bits per heavy atom. The number of carbonyl (C=O) groups excluding carboxylic acids is 1. The lowest BCUT2D eigenvalue weighted by Crippen LogP contribution is -2.45. The zero-order chi connectivity index (χ0) is 15.4. The number of fused-ring (bicyclic) bond motifs is 1. The Kier molecular flexibility index (Phi) is 4.42. The minimum atomic E-state index is -0.199. The van der Waals surface area contributed by atoms with E-state index in [1.54, 1.807) is 0 Å². The molecule has 2 aromatic carbocycles. The van der Waals surface area contributed by atoms with Crippen LogP contribution in [0.5, 0.6) is 0 Å². The lowest BCUT2D eigenvalue weighted by atomic mass is 9.95. The van der Waals surface area contributed by atoms with Gasteiger partial charge in [0.1, 0.15) is 6.04 Å². The summed E-state index contributed by atoms with van der Waals surface area (Å²) in [6.45, 7) is 3.01. The number of hydrogen-bond donors (Lipinski definition) is 0. The molecule has 3 nitrogen and oxygen atoms in total. The highest BCUT2D eigenvalue weighted by Gasteiger charge is 2.32. The highest BCUT2D eigenvalue weighted by atomic mass is 16.5. The van der Waals surface area contributed by atoms with Crippen LogP contribution in [0, 0.1) is 0 Å². The Morgan fingerprint density at radius 3 is 2.64 bits per heavy atom. The van der Waals surface area contributed by atoms with E-state index in [9.17, 15) is 4.79 Å². The number of aryl methyl sites for hydroxylation is 1. The molecule has 0 saturated heterocycles. The molecule has 114 valence electrons. The van der Waals surface area contributed by atoms with Gasteiger partial charge in [0.15, 0.2) is 0 Å². The third-order valence-corrected chi connectivity index (χ3v) is 4.12. The molecule has 1 unspecified atom stereocenters. The van der Waals surface area contributed by atoms with Gasteiger partial charge < -0.3 is 9.64 Å². The van der Waals surface area contributed by atoms with Gasteiger partial charge in [0.2, 0.25) is 0 Å². The number of para-hydroxylation sites is 1. The molecule has 0 radical (unpaired) electrons. The zero-order valence-corrected chi connectivity index (χ0v) is 12.9. The molecule has 0 aliphatic carbocycles. The molecule has 0 bridgehead atoms. The van der Waals surface area contributed by atoms with Crippen molar-refractivity contribution in [3.8, 4) is 0 Å². The first kappa shape index (κ1) is 14.6. The predicted octanol–water partition coefficient (Wildman–Crippen LogP) is 3.57. The molecule has 1 atom stereocenters. The number of esters is 1. The van der Waals surface area contributed by atoms with Gasteiger partial charge in [0.25, 0.3) is 0 Å². The summed E-state index contributed by atoms with van der Waals surface area (Å²) in [5, 5.41) is 0. The molecule has 0 fully saturated rings. The van der Waals surface area contributed by atoms with Crippen LogP contribution in [-0.2, 0) is 22.5 Å². The number of carbonyl (C=O) groups is 1. The minimum absolute atomic E-state index is 0.118. The van der Waals surface area contributed by atoms with Crippen LogP contribution in [0.1, 0.15) is 24.5 Å². The molecule has 0 spiro atoms. The van der Waals surface area contributed by atoms with Crippen LogP contribution in [0.4, 0.5) is 5.69 Å². The number of nitrogens with zero attached hydrogens (tertiary/aromatic N) is 1. The second kappa shape index (κ2) is 6.65. The number of hydrogen-bond acceptors (Lipinski definition) is 3. The Balaban J connectivity index is 1.93. The second-order valence-electron chi connectivity index (χ2n) is 5.55. The van der Waals surface area contributed by atoms with Crippen molar-refractivity contribution in [3.05, 3.63) is 65.7 Å². The highest BCUT2D eigenvalue weighted by molar-refractivity contribution is 5.81. The summed E-state index contributed by atoms with van der Waals surface area (Å²) in [6, 6.07) is 18.4. The van der Waals surface area contributed by atoms with E-state index in [1.165, 1.54) is 11.1 Å². The second-order valence-corrected chi connectivity index (χ2v) is 5.55. The smallest absolute Gasteiger partial charge is 0.328 e. The van der Waals surface area contributed by atoms with Crippen molar-refractivity contribution in [2.75, 3.05) is 11.5 Å². The topological polar surface area (TPSA) is 29.5 Å². The number of ether oxygens (including phenoxy) is 1. The maximum absolute atomic E-state index is 12.3.